The first-order valence-electron chi connectivity index (χ1n) is 10.7. The Bertz CT molecular complexity index is 346. The van der Waals surface area contributed by atoms with Gasteiger partial charge in [-0.15, -0.1) is 13.6 Å². The van der Waals surface area contributed by atoms with Crippen molar-refractivity contribution in [3.63, 3.8) is 0 Å². The number of hydrogen-bond donors (Lipinski definition) is 1. The maximum atomic E-state index is 9.41. The zero-order valence-corrected chi connectivity index (χ0v) is 23.8. The number of hydrogen-bond acceptors (Lipinski definition) is 10. The molecule has 0 aromatic rings. The van der Waals surface area contributed by atoms with Gasteiger partial charge in [0.25, 0.3) is 0 Å². The van der Waals surface area contributed by atoms with Gasteiger partial charge in [-0.3, -0.25) is 0 Å². The second-order valence-corrected chi connectivity index (χ2v) is 7.95. The minimum atomic E-state index is -2.60. The van der Waals surface area contributed by atoms with E-state index in [4.69, 9.17) is 5.11 Å². The van der Waals surface area contributed by atoms with Crippen LogP contribution in [-0.2, 0) is 27.3 Å². The van der Waals surface area contributed by atoms with E-state index in [2.05, 4.69) is 20.5 Å². The second kappa shape index (κ2) is 41.8. The van der Waals surface area contributed by atoms with Gasteiger partial charge in [0.05, 0.1) is 19.8 Å². The van der Waals surface area contributed by atoms with E-state index in [9.17, 15) is 28.4 Å². The van der Waals surface area contributed by atoms with Crippen LogP contribution in [0.4, 0.5) is 0 Å². The molecule has 0 saturated carbocycles. The van der Waals surface area contributed by atoms with Crippen LogP contribution in [0.3, 0.4) is 0 Å². The fourth-order valence-electron chi connectivity index (χ4n) is 1.92. The van der Waals surface area contributed by atoms with Gasteiger partial charge in [-0.05, 0) is 40.9 Å². The first kappa shape index (κ1) is 42.7. The van der Waals surface area contributed by atoms with E-state index in [1.807, 2.05) is 0 Å². The third-order valence-corrected chi connectivity index (χ3v) is 4.62. The van der Waals surface area contributed by atoms with Gasteiger partial charge in [-0.25, -0.2) is 0 Å². The van der Waals surface area contributed by atoms with Crippen LogP contribution in [-0.4, -0.2) is 48.9 Å². The van der Waals surface area contributed by atoms with Crippen molar-refractivity contribution in [2.75, 3.05) is 26.4 Å². The topological polar surface area (TPSA) is 168 Å². The van der Waals surface area contributed by atoms with Crippen LogP contribution < -0.4 is 14.7 Å². The third-order valence-electron chi connectivity index (χ3n) is 3.22. The minimum Gasteiger partial charge on any atom is -0.566 e. The normalized spacial score (nSPS) is 10.7. The Morgan fingerprint density at radius 3 is 0.969 bits per heavy atom. The van der Waals surface area contributed by atoms with Gasteiger partial charge >= 0.3 is 42.1 Å². The van der Waals surface area contributed by atoms with E-state index < -0.39 is 24.8 Å². The molecule has 32 heavy (non-hydrogen) atoms. The van der Waals surface area contributed by atoms with Crippen LogP contribution >= 0.6 is 24.8 Å². The maximum Gasteiger partial charge on any atom is 3.00 e. The van der Waals surface area contributed by atoms with Crippen molar-refractivity contribution in [1.82, 2.24) is 0 Å². The Morgan fingerprint density at radius 2 is 0.812 bits per heavy atom. The second-order valence-electron chi connectivity index (χ2n) is 5.83. The van der Waals surface area contributed by atoms with Crippen LogP contribution in [0.2, 0.25) is 0 Å². The molecular weight excluding hydrogens is 496 g/mol. The molecule has 0 aromatic heterocycles. The SMILES string of the molecule is CCCCCCCCCCCCO.CCO[P+](=O)[O-].CCO[P+](=O)[O-].CCO[P+](=O)[O-].[Al+3]. The Hall–Kier alpha value is 0.552. The van der Waals surface area contributed by atoms with Crippen molar-refractivity contribution in [2.24, 2.45) is 0 Å². The van der Waals surface area contributed by atoms with Gasteiger partial charge in [0, 0.05) is 6.61 Å². The quantitative estimate of drug-likeness (QED) is 0.174. The zero-order chi connectivity index (χ0) is 24.8. The number of aliphatic hydroxyl groups is 1. The summed E-state index contributed by atoms with van der Waals surface area (Å²) in [7, 11) is -7.80. The summed E-state index contributed by atoms with van der Waals surface area (Å²) in [6.07, 6.45) is 13.3. The van der Waals surface area contributed by atoms with Crippen LogP contribution in [0.1, 0.15) is 91.9 Å². The smallest absolute Gasteiger partial charge is 0.566 e. The molecule has 1 N–H and O–H groups in total. The Labute approximate surface area is 207 Å². The van der Waals surface area contributed by atoms with E-state index in [0.29, 0.717) is 6.61 Å². The van der Waals surface area contributed by atoms with Crippen molar-refractivity contribution in [3.8, 4) is 0 Å². The van der Waals surface area contributed by atoms with Gasteiger partial charge in [0.2, 0.25) is 0 Å². The summed E-state index contributed by atoms with van der Waals surface area (Å²) in [4.78, 5) is 28.2. The van der Waals surface area contributed by atoms with Crippen LogP contribution in [0.5, 0.6) is 0 Å². The predicted octanol–water partition coefficient (Wildman–Crippen LogP) is 3.64. The molecule has 0 spiro atoms. The summed E-state index contributed by atoms with van der Waals surface area (Å²) in [5, 5.41) is 8.57. The largest absolute Gasteiger partial charge is 3.00 e. The molecule has 0 aliphatic heterocycles. The first-order chi connectivity index (χ1) is 14.7. The summed E-state index contributed by atoms with van der Waals surface area (Å²) in [5.41, 5.74) is 0. The molecule has 0 aliphatic rings. The van der Waals surface area contributed by atoms with E-state index >= 15 is 0 Å². The molecule has 0 heterocycles. The summed E-state index contributed by atoms with van der Waals surface area (Å²) in [6.45, 7) is 8.18. The molecule has 0 rings (SSSR count). The number of unbranched alkanes of at least 4 members (excludes halogenated alkanes) is 9. The Morgan fingerprint density at radius 1 is 0.562 bits per heavy atom. The van der Waals surface area contributed by atoms with Crippen molar-refractivity contribution in [1.29, 1.82) is 0 Å². The van der Waals surface area contributed by atoms with Crippen molar-refractivity contribution in [3.05, 3.63) is 0 Å². The van der Waals surface area contributed by atoms with Gasteiger partial charge in [-0.1, -0.05) is 64.7 Å². The molecule has 188 valence electrons. The van der Waals surface area contributed by atoms with Crippen LogP contribution in [0.25, 0.3) is 0 Å². The minimum absolute atomic E-state index is 0. The molecule has 0 saturated heterocycles. The number of aliphatic hydroxyl groups excluding tert-OH is 1. The van der Waals surface area contributed by atoms with E-state index in [1.54, 1.807) is 20.8 Å². The zero-order valence-electron chi connectivity index (χ0n) is 19.9. The molecule has 0 fully saturated rings. The van der Waals surface area contributed by atoms with Crippen molar-refractivity contribution < 1.29 is 47.1 Å². The molecule has 14 heteroatoms. The van der Waals surface area contributed by atoms with Gasteiger partial charge in [0.15, 0.2) is 0 Å². The van der Waals surface area contributed by atoms with Crippen molar-refractivity contribution >= 4 is 42.1 Å². The Balaban J connectivity index is -0.000000109. The first-order valence-corrected chi connectivity index (χ1v) is 13.9. The third kappa shape index (κ3) is 69.8. The average Bonchev–Trinajstić information content (AvgIpc) is 2.68. The number of rotatable bonds is 16. The van der Waals surface area contributed by atoms with Crippen LogP contribution in [0.15, 0.2) is 0 Å². The Kier molecular flexibility index (Phi) is 55.7. The van der Waals surface area contributed by atoms with E-state index in [1.165, 1.54) is 57.8 Å². The van der Waals surface area contributed by atoms with E-state index in [-0.39, 0.29) is 37.2 Å². The molecule has 3 atom stereocenters. The molecule has 0 bridgehead atoms. The molecule has 10 nitrogen and oxygen atoms in total. The fraction of sp³-hybridized carbons (Fsp3) is 1.00. The molecule has 0 aromatic carbocycles. The standard InChI is InChI=1S/C12H26O.3C2H5O3P.Al/c1-2-3-4-5-6-7-8-9-10-11-12-13;3*1-2-5-6(3)4;/h13H,2-12H2,1H3;3*2H2,1H3;/q;;;;+3. The molecule has 0 radical (unpaired) electrons. The predicted molar refractivity (Wildman–Crippen MR) is 122 cm³/mol. The summed E-state index contributed by atoms with van der Waals surface area (Å²) < 4.78 is 40.2. The summed E-state index contributed by atoms with van der Waals surface area (Å²) in [6, 6.07) is 0. The summed E-state index contributed by atoms with van der Waals surface area (Å²) >= 11 is 0. The summed E-state index contributed by atoms with van der Waals surface area (Å²) in [5.74, 6) is 0. The van der Waals surface area contributed by atoms with Crippen molar-refractivity contribution in [2.45, 2.75) is 91.9 Å². The average molecular weight is 537 g/mol. The fourth-order valence-corrected chi connectivity index (χ4v) is 2.55. The van der Waals surface area contributed by atoms with Gasteiger partial charge in [0.1, 0.15) is 0 Å². The van der Waals surface area contributed by atoms with Crippen LogP contribution in [0, 0.1) is 0 Å². The van der Waals surface area contributed by atoms with Gasteiger partial charge in [-0.2, -0.15) is 0 Å². The van der Waals surface area contributed by atoms with E-state index in [0.717, 1.165) is 6.42 Å². The molecule has 3 unspecified atom stereocenters. The molecular formula is C18H41AlO10P3+3. The molecule has 0 amide bonds. The van der Waals surface area contributed by atoms with Gasteiger partial charge < -0.3 is 19.8 Å². The maximum absolute atomic E-state index is 9.41. The molecule has 0 aliphatic carbocycles. The monoisotopic (exact) mass is 537 g/mol.